The Morgan fingerprint density at radius 3 is 2.88 bits per heavy atom. The van der Waals surface area contributed by atoms with Crippen LogP contribution in [0.1, 0.15) is 15.9 Å². The number of amides is 1. The molecule has 1 amide bonds. The summed E-state index contributed by atoms with van der Waals surface area (Å²) in [6.07, 6.45) is 1.89. The number of pyridine rings is 1. The van der Waals surface area contributed by atoms with Gasteiger partial charge in [-0.1, -0.05) is 0 Å². The van der Waals surface area contributed by atoms with Gasteiger partial charge >= 0.3 is 0 Å². The minimum atomic E-state index is -0.0673. The van der Waals surface area contributed by atoms with E-state index >= 15 is 0 Å². The van der Waals surface area contributed by atoms with Crippen LogP contribution in [0.3, 0.4) is 0 Å². The lowest BCUT2D eigenvalue weighted by atomic mass is 10.2. The number of methoxy groups -OCH3 is 1. The van der Waals surface area contributed by atoms with E-state index in [0.29, 0.717) is 18.7 Å². The smallest absolute Gasteiger partial charge is 0.253 e. The van der Waals surface area contributed by atoms with E-state index in [2.05, 4.69) is 16.3 Å². The molecule has 0 fully saturated rings. The van der Waals surface area contributed by atoms with Gasteiger partial charge < -0.3 is 19.4 Å². The van der Waals surface area contributed by atoms with Crippen molar-refractivity contribution in [1.82, 2.24) is 9.72 Å². The summed E-state index contributed by atoms with van der Waals surface area (Å²) in [5.41, 5.74) is 2.83. The molecular weight excluding hydrogens is 322 g/mol. The SMILES string of the molecule is COCCN(C)c1ccc2ccc(C(=O)NCc3ccsc3)cn12. The quantitative estimate of drug-likeness (QED) is 0.717. The monoisotopic (exact) mass is 343 g/mol. The van der Waals surface area contributed by atoms with Crippen LogP contribution in [0.4, 0.5) is 5.82 Å². The van der Waals surface area contributed by atoms with Crippen LogP contribution in [0.25, 0.3) is 5.52 Å². The van der Waals surface area contributed by atoms with E-state index in [1.807, 2.05) is 52.7 Å². The maximum absolute atomic E-state index is 12.4. The fraction of sp³-hybridized carbons (Fsp3) is 0.278. The highest BCUT2D eigenvalue weighted by molar-refractivity contribution is 7.07. The zero-order valence-corrected chi connectivity index (χ0v) is 14.7. The lowest BCUT2D eigenvalue weighted by molar-refractivity contribution is 0.0950. The van der Waals surface area contributed by atoms with E-state index in [9.17, 15) is 4.79 Å². The Labute approximate surface area is 145 Å². The average Bonchev–Trinajstić information content (AvgIpc) is 3.26. The van der Waals surface area contributed by atoms with Gasteiger partial charge in [0.25, 0.3) is 5.91 Å². The van der Waals surface area contributed by atoms with Gasteiger partial charge in [-0.25, -0.2) is 0 Å². The average molecular weight is 343 g/mol. The summed E-state index contributed by atoms with van der Waals surface area (Å²) in [6.45, 7) is 1.99. The first-order valence-corrected chi connectivity index (χ1v) is 8.74. The summed E-state index contributed by atoms with van der Waals surface area (Å²) < 4.78 is 7.17. The summed E-state index contributed by atoms with van der Waals surface area (Å²) in [7, 11) is 3.71. The van der Waals surface area contributed by atoms with Crippen LogP contribution in [0, 0.1) is 0 Å². The molecule has 126 valence electrons. The molecule has 3 rings (SSSR count). The molecule has 6 heteroatoms. The number of hydrogen-bond acceptors (Lipinski definition) is 4. The zero-order chi connectivity index (χ0) is 16.9. The van der Waals surface area contributed by atoms with Gasteiger partial charge in [-0.3, -0.25) is 4.79 Å². The number of carbonyl (C=O) groups is 1. The molecule has 3 aromatic rings. The number of nitrogens with one attached hydrogen (secondary N) is 1. The molecule has 0 aliphatic heterocycles. The number of thiophene rings is 1. The first kappa shape index (κ1) is 16.5. The van der Waals surface area contributed by atoms with Crippen molar-refractivity contribution >= 4 is 28.6 Å². The van der Waals surface area contributed by atoms with Crippen LogP contribution in [-0.2, 0) is 11.3 Å². The second-order valence-electron chi connectivity index (χ2n) is 5.63. The summed E-state index contributed by atoms with van der Waals surface area (Å²) in [5.74, 6) is 0.969. The number of nitrogens with zero attached hydrogens (tertiary/aromatic N) is 2. The topological polar surface area (TPSA) is 46.0 Å². The summed E-state index contributed by atoms with van der Waals surface area (Å²) >= 11 is 1.63. The molecule has 0 aliphatic carbocycles. The molecule has 3 heterocycles. The summed E-state index contributed by atoms with van der Waals surface area (Å²) in [4.78, 5) is 14.5. The van der Waals surface area contributed by atoms with E-state index in [1.165, 1.54) is 0 Å². The normalized spacial score (nSPS) is 10.9. The number of likely N-dealkylation sites (N-methyl/N-ethyl adjacent to an activating group) is 1. The molecule has 0 atom stereocenters. The number of anilines is 1. The van der Waals surface area contributed by atoms with Gasteiger partial charge in [-0.05, 0) is 46.7 Å². The number of fused-ring (bicyclic) bond motifs is 1. The molecular formula is C18H21N3O2S. The van der Waals surface area contributed by atoms with Crippen LogP contribution in [0.2, 0.25) is 0 Å². The molecule has 0 radical (unpaired) electrons. The van der Waals surface area contributed by atoms with Crippen LogP contribution in [-0.4, -0.2) is 37.6 Å². The van der Waals surface area contributed by atoms with Gasteiger partial charge in [-0.15, -0.1) is 0 Å². The van der Waals surface area contributed by atoms with Crippen molar-refractivity contribution in [2.24, 2.45) is 0 Å². The lowest BCUT2D eigenvalue weighted by Gasteiger charge is -2.18. The van der Waals surface area contributed by atoms with Crippen LogP contribution in [0.15, 0.2) is 47.3 Å². The number of ether oxygens (including phenoxy) is 1. The predicted octanol–water partition coefficient (Wildman–Crippen LogP) is 3.01. The lowest BCUT2D eigenvalue weighted by Crippen LogP contribution is -2.24. The summed E-state index contributed by atoms with van der Waals surface area (Å²) in [6, 6.07) is 9.94. The first-order valence-electron chi connectivity index (χ1n) is 7.79. The predicted molar refractivity (Wildman–Crippen MR) is 98.0 cm³/mol. The maximum Gasteiger partial charge on any atom is 0.253 e. The van der Waals surface area contributed by atoms with Crippen LogP contribution in [0.5, 0.6) is 0 Å². The van der Waals surface area contributed by atoms with E-state index in [-0.39, 0.29) is 5.91 Å². The standard InChI is InChI=1S/C18H21N3O2S/c1-20(8-9-23-2)17-6-5-16-4-3-15(12-21(16)17)18(22)19-11-14-7-10-24-13-14/h3-7,10,12-13H,8-9,11H2,1-2H3,(H,19,22). The molecule has 0 bridgehead atoms. The third-order valence-corrected chi connectivity index (χ3v) is 4.68. The van der Waals surface area contributed by atoms with Gasteiger partial charge in [0.1, 0.15) is 5.82 Å². The summed E-state index contributed by atoms with van der Waals surface area (Å²) in [5, 5.41) is 7.01. The van der Waals surface area contributed by atoms with Gasteiger partial charge in [0, 0.05) is 39.0 Å². The molecule has 0 saturated carbocycles. The van der Waals surface area contributed by atoms with Crippen molar-refractivity contribution in [2.75, 3.05) is 32.2 Å². The van der Waals surface area contributed by atoms with Crippen LogP contribution >= 0.6 is 11.3 Å². The molecule has 24 heavy (non-hydrogen) atoms. The maximum atomic E-state index is 12.4. The largest absolute Gasteiger partial charge is 0.383 e. The van der Waals surface area contributed by atoms with Gasteiger partial charge in [0.15, 0.2) is 0 Å². The van der Waals surface area contributed by atoms with Crippen LogP contribution < -0.4 is 10.2 Å². The molecule has 0 spiro atoms. The van der Waals surface area contributed by atoms with Crippen molar-refractivity contribution in [1.29, 1.82) is 0 Å². The van der Waals surface area contributed by atoms with Gasteiger partial charge in [-0.2, -0.15) is 11.3 Å². The molecule has 3 aromatic heterocycles. The molecule has 0 saturated heterocycles. The Hall–Kier alpha value is -2.31. The van der Waals surface area contributed by atoms with E-state index < -0.39 is 0 Å². The molecule has 5 nitrogen and oxygen atoms in total. The van der Waals surface area contributed by atoms with Crippen molar-refractivity contribution in [3.05, 3.63) is 58.4 Å². The Bertz CT molecular complexity index is 811. The Morgan fingerprint density at radius 1 is 1.29 bits per heavy atom. The zero-order valence-electron chi connectivity index (χ0n) is 13.9. The fourth-order valence-corrected chi connectivity index (χ4v) is 3.22. The number of carbonyl (C=O) groups excluding carboxylic acids is 1. The second-order valence-corrected chi connectivity index (χ2v) is 6.41. The third-order valence-electron chi connectivity index (χ3n) is 3.95. The van der Waals surface area contributed by atoms with E-state index in [0.717, 1.165) is 23.4 Å². The highest BCUT2D eigenvalue weighted by atomic mass is 32.1. The van der Waals surface area contributed by atoms with Crippen molar-refractivity contribution in [3.8, 4) is 0 Å². The number of hydrogen-bond donors (Lipinski definition) is 1. The second kappa shape index (κ2) is 7.51. The Balaban J connectivity index is 1.77. The van der Waals surface area contributed by atoms with Gasteiger partial charge in [0.05, 0.1) is 12.2 Å². The highest BCUT2D eigenvalue weighted by Crippen LogP contribution is 2.19. The molecule has 0 unspecified atom stereocenters. The van der Waals surface area contributed by atoms with Crippen molar-refractivity contribution in [3.63, 3.8) is 0 Å². The molecule has 1 N–H and O–H groups in total. The number of rotatable bonds is 7. The Morgan fingerprint density at radius 2 is 2.12 bits per heavy atom. The minimum Gasteiger partial charge on any atom is -0.383 e. The Kier molecular flexibility index (Phi) is 5.17. The van der Waals surface area contributed by atoms with Crippen molar-refractivity contribution < 1.29 is 9.53 Å². The highest BCUT2D eigenvalue weighted by Gasteiger charge is 2.11. The minimum absolute atomic E-state index is 0.0673. The fourth-order valence-electron chi connectivity index (χ4n) is 2.55. The number of aromatic nitrogens is 1. The van der Waals surface area contributed by atoms with Gasteiger partial charge in [0.2, 0.25) is 0 Å². The van der Waals surface area contributed by atoms with Crippen molar-refractivity contribution in [2.45, 2.75) is 6.54 Å². The van der Waals surface area contributed by atoms with E-state index in [4.69, 9.17) is 4.74 Å². The third kappa shape index (κ3) is 3.60. The first-order chi connectivity index (χ1) is 11.7. The molecule has 0 aromatic carbocycles. The molecule has 0 aliphatic rings. The van der Waals surface area contributed by atoms with E-state index in [1.54, 1.807) is 18.4 Å².